The molecule has 5 nitrogen and oxygen atoms in total. The van der Waals surface area contributed by atoms with Crippen molar-refractivity contribution in [1.82, 2.24) is 9.55 Å². The van der Waals surface area contributed by atoms with Gasteiger partial charge in [0.25, 0.3) is 0 Å². The zero-order valence-corrected chi connectivity index (χ0v) is 10.5. The number of aromatic nitrogens is 2. The van der Waals surface area contributed by atoms with Crippen LogP contribution in [0, 0.1) is 5.92 Å². The second kappa shape index (κ2) is 4.17. The van der Waals surface area contributed by atoms with Crippen molar-refractivity contribution >= 4 is 17.0 Å². The van der Waals surface area contributed by atoms with Crippen molar-refractivity contribution in [2.24, 2.45) is 18.7 Å². The van der Waals surface area contributed by atoms with Gasteiger partial charge in [0, 0.05) is 12.6 Å². The highest BCUT2D eigenvalue weighted by atomic mass is 16.5. The summed E-state index contributed by atoms with van der Waals surface area (Å²) < 4.78 is 7.76. The van der Waals surface area contributed by atoms with Crippen LogP contribution in [-0.2, 0) is 13.5 Å². The Morgan fingerprint density at radius 1 is 1.50 bits per heavy atom. The number of hydrogen-bond acceptors (Lipinski definition) is 4. The molecule has 0 amide bonds. The Morgan fingerprint density at radius 2 is 2.33 bits per heavy atom. The molecule has 0 saturated heterocycles. The number of imidazole rings is 1. The average molecular weight is 246 g/mol. The highest BCUT2D eigenvalue weighted by Crippen LogP contribution is 2.34. The molecular weight excluding hydrogens is 228 g/mol. The number of ether oxygens (including phenoxy) is 1. The second-order valence-corrected chi connectivity index (χ2v) is 4.90. The Kier molecular flexibility index (Phi) is 2.63. The first-order valence-electron chi connectivity index (χ1n) is 6.27. The molecule has 96 valence electrons. The van der Waals surface area contributed by atoms with Crippen molar-refractivity contribution in [2.45, 2.75) is 12.8 Å². The van der Waals surface area contributed by atoms with Gasteiger partial charge in [0.15, 0.2) is 0 Å². The molecular formula is C13H18N4O. The van der Waals surface area contributed by atoms with Crippen molar-refractivity contribution in [1.29, 1.82) is 0 Å². The third-order valence-electron chi connectivity index (χ3n) is 3.67. The molecule has 1 atom stereocenters. The Labute approximate surface area is 106 Å². The van der Waals surface area contributed by atoms with Crippen LogP contribution < -0.4 is 16.2 Å². The van der Waals surface area contributed by atoms with Gasteiger partial charge in [-0.1, -0.05) is 0 Å². The van der Waals surface area contributed by atoms with Crippen LogP contribution in [0.4, 0.5) is 5.95 Å². The lowest BCUT2D eigenvalue weighted by molar-refractivity contribution is 0.217. The van der Waals surface area contributed by atoms with E-state index < -0.39 is 0 Å². The van der Waals surface area contributed by atoms with Crippen molar-refractivity contribution in [2.75, 3.05) is 18.9 Å². The number of fused-ring (bicyclic) bond motifs is 3. The third-order valence-corrected chi connectivity index (χ3v) is 3.67. The number of aryl methyl sites for hydroxylation is 1. The summed E-state index contributed by atoms with van der Waals surface area (Å²) in [5.41, 5.74) is 14.7. The fraction of sp³-hybridized carbons (Fsp3) is 0.462. The summed E-state index contributed by atoms with van der Waals surface area (Å²) in [5, 5.41) is 0. The first kappa shape index (κ1) is 11.3. The van der Waals surface area contributed by atoms with Gasteiger partial charge in [0.1, 0.15) is 5.75 Å². The minimum absolute atomic E-state index is 0.490. The number of rotatable bonds is 2. The van der Waals surface area contributed by atoms with Crippen LogP contribution >= 0.6 is 0 Å². The number of nitrogens with two attached hydrogens (primary N) is 2. The molecule has 1 aliphatic rings. The van der Waals surface area contributed by atoms with Gasteiger partial charge in [-0.3, -0.25) is 0 Å². The fourth-order valence-corrected chi connectivity index (χ4v) is 2.69. The zero-order valence-electron chi connectivity index (χ0n) is 10.5. The van der Waals surface area contributed by atoms with Gasteiger partial charge in [-0.05, 0) is 37.4 Å². The number of nitrogen functional groups attached to an aromatic ring is 1. The Bertz CT molecular complexity index is 590. The van der Waals surface area contributed by atoms with Crippen LogP contribution in [0.3, 0.4) is 0 Å². The van der Waals surface area contributed by atoms with Crippen LogP contribution in [0.2, 0.25) is 0 Å². The number of hydrogen-bond donors (Lipinski definition) is 2. The quantitative estimate of drug-likeness (QED) is 0.830. The number of benzene rings is 1. The maximum Gasteiger partial charge on any atom is 0.200 e. The predicted octanol–water partition coefficient (Wildman–Crippen LogP) is 1.06. The van der Waals surface area contributed by atoms with Gasteiger partial charge in [-0.2, -0.15) is 0 Å². The summed E-state index contributed by atoms with van der Waals surface area (Å²) in [4.78, 5) is 4.35. The summed E-state index contributed by atoms with van der Waals surface area (Å²) in [6, 6.07) is 3.95. The summed E-state index contributed by atoms with van der Waals surface area (Å²) in [5.74, 6) is 1.99. The van der Waals surface area contributed by atoms with E-state index in [1.807, 2.05) is 23.7 Å². The first-order chi connectivity index (χ1) is 8.70. The van der Waals surface area contributed by atoms with Gasteiger partial charge >= 0.3 is 0 Å². The average Bonchev–Trinajstić information content (AvgIpc) is 2.66. The molecule has 2 aromatic rings. The molecule has 1 unspecified atom stereocenters. The highest BCUT2D eigenvalue weighted by Gasteiger charge is 2.23. The van der Waals surface area contributed by atoms with E-state index in [2.05, 4.69) is 4.98 Å². The summed E-state index contributed by atoms with van der Waals surface area (Å²) in [7, 11) is 1.94. The van der Waals surface area contributed by atoms with Crippen LogP contribution in [0.25, 0.3) is 11.0 Å². The molecule has 1 aromatic carbocycles. The first-order valence-corrected chi connectivity index (χ1v) is 6.27. The van der Waals surface area contributed by atoms with Gasteiger partial charge in [0.05, 0.1) is 17.6 Å². The molecule has 0 aliphatic carbocycles. The van der Waals surface area contributed by atoms with Crippen molar-refractivity contribution in [3.63, 3.8) is 0 Å². The van der Waals surface area contributed by atoms with Gasteiger partial charge in [-0.25, -0.2) is 4.98 Å². The molecule has 5 heteroatoms. The molecule has 0 bridgehead atoms. The fourth-order valence-electron chi connectivity index (χ4n) is 2.69. The van der Waals surface area contributed by atoms with E-state index in [-0.39, 0.29) is 0 Å². The summed E-state index contributed by atoms with van der Waals surface area (Å²) >= 11 is 0. The Hall–Kier alpha value is -1.75. The highest BCUT2D eigenvalue weighted by molar-refractivity contribution is 5.84. The van der Waals surface area contributed by atoms with Crippen LogP contribution in [0.1, 0.15) is 12.0 Å². The minimum atomic E-state index is 0.490. The van der Waals surface area contributed by atoms with Crippen molar-refractivity contribution in [3.05, 3.63) is 17.7 Å². The topological polar surface area (TPSA) is 79.1 Å². The number of anilines is 1. The van der Waals surface area contributed by atoms with E-state index in [4.69, 9.17) is 16.2 Å². The maximum absolute atomic E-state index is 5.87. The van der Waals surface area contributed by atoms with Gasteiger partial charge in [-0.15, -0.1) is 0 Å². The molecule has 2 heterocycles. The third kappa shape index (κ3) is 1.62. The standard InChI is InChI=1S/C13H18N4O/c1-17-12-9-6-8(4-5-14)7-18-11(9)3-2-10(12)16-13(17)15/h2-3,8H,4-7,14H2,1H3,(H2,15,16). The lowest BCUT2D eigenvalue weighted by atomic mass is 9.93. The van der Waals surface area contributed by atoms with E-state index >= 15 is 0 Å². The van der Waals surface area contributed by atoms with Crippen molar-refractivity contribution in [3.8, 4) is 5.75 Å². The monoisotopic (exact) mass is 246 g/mol. The maximum atomic E-state index is 5.87. The predicted molar refractivity (Wildman–Crippen MR) is 71.5 cm³/mol. The molecule has 3 rings (SSSR count). The van der Waals surface area contributed by atoms with Crippen molar-refractivity contribution < 1.29 is 4.74 Å². The molecule has 0 fully saturated rings. The second-order valence-electron chi connectivity index (χ2n) is 4.90. The van der Waals surface area contributed by atoms with E-state index in [1.165, 1.54) is 5.56 Å². The molecule has 0 saturated carbocycles. The van der Waals surface area contributed by atoms with E-state index in [0.29, 0.717) is 18.4 Å². The Morgan fingerprint density at radius 3 is 3.11 bits per heavy atom. The van der Waals surface area contributed by atoms with Gasteiger partial charge in [0.2, 0.25) is 5.95 Å². The van der Waals surface area contributed by atoms with Gasteiger partial charge < -0.3 is 20.8 Å². The molecule has 0 spiro atoms. The van der Waals surface area contributed by atoms with E-state index in [0.717, 1.165) is 36.2 Å². The lowest BCUT2D eigenvalue weighted by Gasteiger charge is -2.25. The van der Waals surface area contributed by atoms with E-state index in [1.54, 1.807) is 0 Å². The zero-order chi connectivity index (χ0) is 12.7. The molecule has 1 aromatic heterocycles. The number of nitrogens with zero attached hydrogens (tertiary/aromatic N) is 2. The molecule has 18 heavy (non-hydrogen) atoms. The summed E-state index contributed by atoms with van der Waals surface area (Å²) in [6.45, 7) is 1.45. The Balaban J connectivity index is 2.12. The summed E-state index contributed by atoms with van der Waals surface area (Å²) in [6.07, 6.45) is 1.98. The van der Waals surface area contributed by atoms with Crippen LogP contribution in [0.5, 0.6) is 5.75 Å². The lowest BCUT2D eigenvalue weighted by Crippen LogP contribution is -2.23. The largest absolute Gasteiger partial charge is 0.493 e. The molecule has 0 radical (unpaired) electrons. The normalized spacial score (nSPS) is 18.7. The SMILES string of the molecule is Cn1c(N)nc2ccc3c(c21)CC(CCN)CO3. The minimum Gasteiger partial charge on any atom is -0.493 e. The van der Waals surface area contributed by atoms with Crippen LogP contribution in [-0.4, -0.2) is 22.7 Å². The molecule has 1 aliphatic heterocycles. The smallest absolute Gasteiger partial charge is 0.200 e. The van der Waals surface area contributed by atoms with Crippen LogP contribution in [0.15, 0.2) is 12.1 Å². The molecule has 4 N–H and O–H groups in total. The van der Waals surface area contributed by atoms with E-state index in [9.17, 15) is 0 Å².